The van der Waals surface area contributed by atoms with Crippen molar-refractivity contribution in [2.24, 2.45) is 0 Å². The molecule has 15 heavy (non-hydrogen) atoms. The number of esters is 1. The van der Waals surface area contributed by atoms with Gasteiger partial charge in [0.25, 0.3) is 0 Å². The fraction of sp³-hybridized carbons (Fsp3) is 0.273. The smallest absolute Gasteiger partial charge is 0.309 e. The summed E-state index contributed by atoms with van der Waals surface area (Å²) in [6.45, 7) is 0.158. The Morgan fingerprint density at radius 2 is 2.07 bits per heavy atom. The largest absolute Gasteiger partial charge is 0.461 e. The molecule has 4 nitrogen and oxygen atoms in total. The Bertz CT molecular complexity index is 321. The molecule has 0 aromatic heterocycles. The highest BCUT2D eigenvalue weighted by Gasteiger charge is 2.10. The fourth-order valence-corrected chi connectivity index (χ4v) is 1.02. The topological polar surface area (TPSA) is 63.6 Å². The molecule has 1 aromatic carbocycles. The molecule has 0 fully saturated rings. The molecule has 1 atom stereocenters. The first kappa shape index (κ1) is 11.4. The molecule has 0 amide bonds. The van der Waals surface area contributed by atoms with Crippen LogP contribution >= 0.6 is 0 Å². The molecule has 0 spiro atoms. The van der Waals surface area contributed by atoms with E-state index in [9.17, 15) is 9.59 Å². The zero-order valence-corrected chi connectivity index (χ0v) is 8.13. The molecule has 80 valence electrons. The first-order valence-electron chi connectivity index (χ1n) is 4.55. The van der Waals surface area contributed by atoms with Gasteiger partial charge in [0.15, 0.2) is 0 Å². The number of carbonyl (C=O) groups excluding carboxylic acids is 2. The van der Waals surface area contributed by atoms with Crippen LogP contribution in [0.5, 0.6) is 0 Å². The summed E-state index contributed by atoms with van der Waals surface area (Å²) in [4.78, 5) is 21.1. The van der Waals surface area contributed by atoms with Gasteiger partial charge in [0.2, 0.25) is 0 Å². The van der Waals surface area contributed by atoms with Crippen LogP contribution in [0.1, 0.15) is 12.0 Å². The van der Waals surface area contributed by atoms with Crippen molar-refractivity contribution in [1.29, 1.82) is 0 Å². The van der Waals surface area contributed by atoms with E-state index in [1.807, 2.05) is 30.3 Å². The van der Waals surface area contributed by atoms with Crippen LogP contribution in [0.15, 0.2) is 30.3 Å². The summed E-state index contributed by atoms with van der Waals surface area (Å²) in [5.41, 5.74) is 0.867. The Labute approximate surface area is 87.5 Å². The van der Waals surface area contributed by atoms with Gasteiger partial charge < -0.3 is 14.6 Å². The number of rotatable bonds is 5. The maximum absolute atomic E-state index is 11.0. The third-order valence-electron chi connectivity index (χ3n) is 1.78. The van der Waals surface area contributed by atoms with Gasteiger partial charge >= 0.3 is 5.97 Å². The average Bonchev–Trinajstić information content (AvgIpc) is 2.27. The van der Waals surface area contributed by atoms with Gasteiger partial charge in [0, 0.05) is 0 Å². The predicted octanol–water partition coefficient (Wildman–Crippen LogP) is 0.680. The number of hydrogen-bond acceptors (Lipinski definition) is 4. The van der Waals surface area contributed by atoms with Gasteiger partial charge in [0.05, 0.1) is 6.42 Å². The number of ether oxygens (including phenoxy) is 1. The van der Waals surface area contributed by atoms with E-state index in [0.29, 0.717) is 6.29 Å². The third-order valence-corrected chi connectivity index (χ3v) is 1.78. The second-order valence-electron chi connectivity index (χ2n) is 3.05. The standard InChI is InChI=1S/C11H12O4/c12-7-10(13)6-11(14)15-8-9-4-2-1-3-5-9/h1-5,7,10,13H,6,8H2. The van der Waals surface area contributed by atoms with E-state index in [1.54, 1.807) is 0 Å². The quantitative estimate of drug-likeness (QED) is 0.571. The molecule has 1 rings (SSSR count). The molecule has 1 unspecified atom stereocenters. The lowest BCUT2D eigenvalue weighted by atomic mass is 10.2. The highest BCUT2D eigenvalue weighted by atomic mass is 16.5. The number of aldehydes is 1. The van der Waals surface area contributed by atoms with Crippen LogP contribution in [0.3, 0.4) is 0 Å². The zero-order valence-electron chi connectivity index (χ0n) is 8.13. The Balaban J connectivity index is 2.31. The SMILES string of the molecule is O=CC(O)CC(=O)OCc1ccccc1. The molecule has 0 aliphatic carbocycles. The summed E-state index contributed by atoms with van der Waals surface area (Å²) in [5.74, 6) is -0.585. The van der Waals surface area contributed by atoms with E-state index < -0.39 is 12.1 Å². The Hall–Kier alpha value is -1.68. The van der Waals surface area contributed by atoms with Crippen LogP contribution < -0.4 is 0 Å². The molecular weight excluding hydrogens is 196 g/mol. The van der Waals surface area contributed by atoms with Crippen molar-refractivity contribution < 1.29 is 19.4 Å². The van der Waals surface area contributed by atoms with Crippen molar-refractivity contribution in [3.63, 3.8) is 0 Å². The van der Waals surface area contributed by atoms with Gasteiger partial charge in [-0.3, -0.25) is 4.79 Å². The summed E-state index contributed by atoms with van der Waals surface area (Å²) in [6, 6.07) is 9.18. The van der Waals surface area contributed by atoms with Crippen LogP contribution in [-0.4, -0.2) is 23.5 Å². The van der Waals surface area contributed by atoms with E-state index in [-0.39, 0.29) is 13.0 Å². The normalized spacial score (nSPS) is 11.8. The molecule has 1 aromatic rings. The van der Waals surface area contributed by atoms with Crippen LogP contribution in [-0.2, 0) is 20.9 Å². The predicted molar refractivity (Wildman–Crippen MR) is 52.9 cm³/mol. The van der Waals surface area contributed by atoms with Crippen LogP contribution in [0.4, 0.5) is 0 Å². The molecule has 1 N–H and O–H groups in total. The summed E-state index contributed by atoms with van der Waals surface area (Å²) in [6.07, 6.45) is -1.26. The minimum atomic E-state index is -1.27. The molecular formula is C11H12O4. The van der Waals surface area contributed by atoms with E-state index >= 15 is 0 Å². The van der Waals surface area contributed by atoms with Gasteiger partial charge in [-0.05, 0) is 5.56 Å². The lowest BCUT2D eigenvalue weighted by Crippen LogP contribution is -2.16. The molecule has 0 saturated carbocycles. The molecule has 4 heteroatoms. The van der Waals surface area contributed by atoms with Crippen LogP contribution in [0, 0.1) is 0 Å². The molecule has 0 heterocycles. The zero-order chi connectivity index (χ0) is 11.1. The summed E-state index contributed by atoms with van der Waals surface area (Å²) in [7, 11) is 0. The number of aliphatic hydroxyl groups is 1. The second kappa shape index (κ2) is 5.93. The first-order chi connectivity index (χ1) is 7.22. The van der Waals surface area contributed by atoms with Gasteiger partial charge in [-0.15, -0.1) is 0 Å². The van der Waals surface area contributed by atoms with Gasteiger partial charge in [0.1, 0.15) is 19.0 Å². The average molecular weight is 208 g/mol. The van der Waals surface area contributed by atoms with Crippen molar-refractivity contribution in [2.45, 2.75) is 19.1 Å². The lowest BCUT2D eigenvalue weighted by molar-refractivity contribution is -0.148. The van der Waals surface area contributed by atoms with Crippen molar-refractivity contribution >= 4 is 12.3 Å². The first-order valence-corrected chi connectivity index (χ1v) is 4.55. The van der Waals surface area contributed by atoms with E-state index in [0.717, 1.165) is 5.56 Å². The number of benzene rings is 1. The second-order valence-corrected chi connectivity index (χ2v) is 3.05. The van der Waals surface area contributed by atoms with Crippen LogP contribution in [0.25, 0.3) is 0 Å². The minimum absolute atomic E-state index is 0.158. The van der Waals surface area contributed by atoms with Crippen molar-refractivity contribution in [1.82, 2.24) is 0 Å². The molecule has 0 aliphatic rings. The summed E-state index contributed by atoms with van der Waals surface area (Å²) < 4.78 is 4.84. The van der Waals surface area contributed by atoms with Crippen molar-refractivity contribution in [3.8, 4) is 0 Å². The number of aliphatic hydroxyl groups excluding tert-OH is 1. The van der Waals surface area contributed by atoms with Gasteiger partial charge in [-0.2, -0.15) is 0 Å². The fourth-order valence-electron chi connectivity index (χ4n) is 1.02. The molecule has 0 saturated heterocycles. The Morgan fingerprint density at radius 1 is 1.40 bits per heavy atom. The minimum Gasteiger partial charge on any atom is -0.461 e. The number of hydrogen-bond donors (Lipinski definition) is 1. The van der Waals surface area contributed by atoms with E-state index in [1.165, 1.54) is 0 Å². The summed E-state index contributed by atoms with van der Waals surface area (Å²) in [5, 5.41) is 8.86. The maximum atomic E-state index is 11.0. The van der Waals surface area contributed by atoms with E-state index in [2.05, 4.69) is 0 Å². The lowest BCUT2D eigenvalue weighted by Gasteiger charge is -2.05. The summed E-state index contributed by atoms with van der Waals surface area (Å²) >= 11 is 0. The highest BCUT2D eigenvalue weighted by Crippen LogP contribution is 2.02. The van der Waals surface area contributed by atoms with Crippen molar-refractivity contribution in [3.05, 3.63) is 35.9 Å². The molecule has 0 radical (unpaired) electrons. The Morgan fingerprint density at radius 3 is 2.67 bits per heavy atom. The van der Waals surface area contributed by atoms with E-state index in [4.69, 9.17) is 9.84 Å². The van der Waals surface area contributed by atoms with Crippen LogP contribution in [0.2, 0.25) is 0 Å². The Kier molecular flexibility index (Phi) is 4.50. The third kappa shape index (κ3) is 4.37. The van der Waals surface area contributed by atoms with Gasteiger partial charge in [-0.1, -0.05) is 30.3 Å². The maximum Gasteiger partial charge on any atom is 0.309 e. The molecule has 0 bridgehead atoms. The van der Waals surface area contributed by atoms with Crippen molar-refractivity contribution in [2.75, 3.05) is 0 Å². The monoisotopic (exact) mass is 208 g/mol. The highest BCUT2D eigenvalue weighted by molar-refractivity contribution is 5.74. The van der Waals surface area contributed by atoms with Gasteiger partial charge in [-0.25, -0.2) is 0 Å². The number of carbonyl (C=O) groups is 2. The molecule has 0 aliphatic heterocycles.